The summed E-state index contributed by atoms with van der Waals surface area (Å²) in [6, 6.07) is 12.1. The van der Waals surface area contributed by atoms with Crippen molar-refractivity contribution < 1.29 is 12.8 Å². The standard InChI is InChI=1S/C21H28FN3O2S/c1-16-14-19(10-11-20(16)22)28(26,27)23-15-21(25-12-4-5-13-25)17-6-8-18(9-7-17)24(2)3/h6-11,14,21,23H,4-5,12-13,15H2,1-3H3/t21-/m0/s1. The second-order valence-corrected chi connectivity index (χ2v) is 9.27. The number of halogens is 1. The van der Waals surface area contributed by atoms with Crippen LogP contribution in [0.25, 0.3) is 0 Å². The second kappa shape index (κ2) is 8.59. The van der Waals surface area contributed by atoms with Gasteiger partial charge in [0, 0.05) is 32.4 Å². The van der Waals surface area contributed by atoms with E-state index in [2.05, 4.69) is 33.9 Å². The van der Waals surface area contributed by atoms with Crippen LogP contribution in [0.2, 0.25) is 0 Å². The Bertz CT molecular complexity index is 908. The summed E-state index contributed by atoms with van der Waals surface area (Å²) in [5, 5.41) is 0. The van der Waals surface area contributed by atoms with E-state index in [0.29, 0.717) is 5.56 Å². The van der Waals surface area contributed by atoms with Crippen molar-refractivity contribution in [3.63, 3.8) is 0 Å². The first-order valence-electron chi connectivity index (χ1n) is 9.55. The molecule has 0 aromatic heterocycles. The summed E-state index contributed by atoms with van der Waals surface area (Å²) in [6.45, 7) is 3.75. The maximum atomic E-state index is 13.5. The largest absolute Gasteiger partial charge is 0.378 e. The average molecular weight is 406 g/mol. The number of hydrogen-bond acceptors (Lipinski definition) is 4. The van der Waals surface area contributed by atoms with Crippen molar-refractivity contribution in [2.24, 2.45) is 0 Å². The van der Waals surface area contributed by atoms with Gasteiger partial charge in [0.1, 0.15) is 5.82 Å². The first kappa shape index (κ1) is 20.8. The van der Waals surface area contributed by atoms with Gasteiger partial charge in [0.25, 0.3) is 0 Å². The Morgan fingerprint density at radius 1 is 1.11 bits per heavy atom. The molecule has 0 aliphatic carbocycles. The van der Waals surface area contributed by atoms with Crippen LogP contribution in [0.4, 0.5) is 10.1 Å². The van der Waals surface area contributed by atoms with E-state index in [1.807, 2.05) is 19.0 Å². The van der Waals surface area contributed by atoms with Crippen LogP contribution in [0.1, 0.15) is 30.0 Å². The molecule has 1 aliphatic rings. The number of sulfonamides is 1. The molecule has 7 heteroatoms. The number of nitrogens with one attached hydrogen (secondary N) is 1. The lowest BCUT2D eigenvalue weighted by molar-refractivity contribution is 0.246. The van der Waals surface area contributed by atoms with Gasteiger partial charge in [0.15, 0.2) is 0 Å². The summed E-state index contributed by atoms with van der Waals surface area (Å²) in [5.74, 6) is -0.408. The zero-order valence-electron chi connectivity index (χ0n) is 16.7. The number of hydrogen-bond donors (Lipinski definition) is 1. The Labute approximate surface area is 167 Å². The van der Waals surface area contributed by atoms with Crippen LogP contribution in [-0.2, 0) is 10.0 Å². The molecule has 0 radical (unpaired) electrons. The summed E-state index contributed by atoms with van der Waals surface area (Å²) in [4.78, 5) is 4.45. The quantitative estimate of drug-likeness (QED) is 0.768. The molecule has 0 bridgehead atoms. The van der Waals surface area contributed by atoms with Crippen LogP contribution in [0.3, 0.4) is 0 Å². The molecule has 1 aliphatic heterocycles. The third-order valence-electron chi connectivity index (χ3n) is 5.28. The molecule has 0 saturated carbocycles. The number of anilines is 1. The highest BCUT2D eigenvalue weighted by atomic mass is 32.2. The molecule has 2 aromatic rings. The van der Waals surface area contributed by atoms with Crippen LogP contribution >= 0.6 is 0 Å². The lowest BCUT2D eigenvalue weighted by Gasteiger charge is -2.28. The van der Waals surface area contributed by atoms with E-state index in [0.717, 1.165) is 37.2 Å². The molecule has 0 spiro atoms. The van der Waals surface area contributed by atoms with Crippen molar-refractivity contribution in [2.45, 2.75) is 30.7 Å². The molecule has 0 unspecified atom stereocenters. The van der Waals surface area contributed by atoms with Crippen LogP contribution < -0.4 is 9.62 Å². The fourth-order valence-corrected chi connectivity index (χ4v) is 4.69. The van der Waals surface area contributed by atoms with Crippen LogP contribution in [-0.4, -0.2) is 47.0 Å². The second-order valence-electron chi connectivity index (χ2n) is 7.51. The lowest BCUT2D eigenvalue weighted by Crippen LogP contribution is -2.36. The molecule has 3 rings (SSSR count). The molecule has 5 nitrogen and oxygen atoms in total. The molecule has 28 heavy (non-hydrogen) atoms. The van der Waals surface area contributed by atoms with Crippen LogP contribution in [0, 0.1) is 12.7 Å². The highest BCUT2D eigenvalue weighted by Gasteiger charge is 2.26. The highest BCUT2D eigenvalue weighted by molar-refractivity contribution is 7.89. The van der Waals surface area contributed by atoms with Crippen LogP contribution in [0.5, 0.6) is 0 Å². The predicted octanol–water partition coefficient (Wildman–Crippen LogP) is 3.32. The molecule has 0 amide bonds. The summed E-state index contributed by atoms with van der Waals surface area (Å²) >= 11 is 0. The monoisotopic (exact) mass is 405 g/mol. The Hall–Kier alpha value is -1.96. The molecule has 152 valence electrons. The van der Waals surface area contributed by atoms with Crippen molar-refractivity contribution in [2.75, 3.05) is 38.6 Å². The van der Waals surface area contributed by atoms with Gasteiger partial charge in [-0.05, 0) is 74.3 Å². The molecule has 1 fully saturated rings. The van der Waals surface area contributed by atoms with E-state index in [4.69, 9.17) is 0 Å². The van der Waals surface area contributed by atoms with Crippen LogP contribution in [0.15, 0.2) is 47.4 Å². The topological polar surface area (TPSA) is 52.7 Å². The van der Waals surface area contributed by atoms with Crippen molar-refractivity contribution in [3.8, 4) is 0 Å². The number of likely N-dealkylation sites (tertiary alicyclic amines) is 1. The Morgan fingerprint density at radius 2 is 1.75 bits per heavy atom. The SMILES string of the molecule is Cc1cc(S(=O)(=O)NC[C@@H](c2ccc(N(C)C)cc2)N2CCCC2)ccc1F. The normalized spacial score (nSPS) is 16.3. The third kappa shape index (κ3) is 4.71. The Balaban J connectivity index is 1.80. The molecular formula is C21H28FN3O2S. The van der Waals surface area contributed by atoms with Gasteiger partial charge in [-0.1, -0.05) is 12.1 Å². The third-order valence-corrected chi connectivity index (χ3v) is 6.70. The molecule has 2 aromatic carbocycles. The van der Waals surface area contributed by atoms with Gasteiger partial charge in [-0.3, -0.25) is 4.90 Å². The Morgan fingerprint density at radius 3 is 2.32 bits per heavy atom. The fraction of sp³-hybridized carbons (Fsp3) is 0.429. The first-order chi connectivity index (χ1) is 13.3. The minimum atomic E-state index is -3.71. The van der Waals surface area contributed by atoms with E-state index in [9.17, 15) is 12.8 Å². The smallest absolute Gasteiger partial charge is 0.240 e. The maximum absolute atomic E-state index is 13.5. The molecule has 1 N–H and O–H groups in total. The Kier molecular flexibility index (Phi) is 6.37. The summed E-state index contributed by atoms with van der Waals surface area (Å²) in [7, 11) is 0.278. The van der Waals surface area contributed by atoms with Crippen molar-refractivity contribution in [1.29, 1.82) is 0 Å². The minimum absolute atomic E-state index is 0.0324. The maximum Gasteiger partial charge on any atom is 0.240 e. The number of rotatable bonds is 7. The first-order valence-corrected chi connectivity index (χ1v) is 11.0. The minimum Gasteiger partial charge on any atom is -0.378 e. The van der Waals surface area contributed by atoms with Gasteiger partial charge in [-0.25, -0.2) is 17.5 Å². The average Bonchev–Trinajstić information content (AvgIpc) is 3.19. The van der Waals surface area contributed by atoms with E-state index in [1.54, 1.807) is 6.92 Å². The summed E-state index contributed by atoms with van der Waals surface area (Å²) < 4.78 is 41.7. The molecule has 1 saturated heterocycles. The van der Waals surface area contributed by atoms with E-state index in [1.165, 1.54) is 18.2 Å². The van der Waals surface area contributed by atoms with E-state index >= 15 is 0 Å². The summed E-state index contributed by atoms with van der Waals surface area (Å²) in [6.07, 6.45) is 2.24. The molecule has 1 atom stereocenters. The number of aryl methyl sites for hydroxylation is 1. The summed E-state index contributed by atoms with van der Waals surface area (Å²) in [5.41, 5.74) is 2.51. The fourth-order valence-electron chi connectivity index (χ4n) is 3.56. The number of nitrogens with zero attached hydrogens (tertiary/aromatic N) is 2. The molecule has 1 heterocycles. The zero-order valence-corrected chi connectivity index (χ0v) is 17.5. The van der Waals surface area contributed by atoms with E-state index < -0.39 is 15.8 Å². The van der Waals surface area contributed by atoms with Gasteiger partial charge in [0.2, 0.25) is 10.0 Å². The van der Waals surface area contributed by atoms with Gasteiger partial charge in [-0.15, -0.1) is 0 Å². The van der Waals surface area contributed by atoms with Crippen molar-refractivity contribution >= 4 is 15.7 Å². The predicted molar refractivity (Wildman–Crippen MR) is 111 cm³/mol. The van der Waals surface area contributed by atoms with Gasteiger partial charge >= 0.3 is 0 Å². The van der Waals surface area contributed by atoms with E-state index in [-0.39, 0.29) is 17.5 Å². The van der Waals surface area contributed by atoms with Gasteiger partial charge in [0.05, 0.1) is 4.90 Å². The zero-order chi connectivity index (χ0) is 20.3. The van der Waals surface area contributed by atoms with Gasteiger partial charge in [-0.2, -0.15) is 0 Å². The van der Waals surface area contributed by atoms with Gasteiger partial charge < -0.3 is 4.90 Å². The van der Waals surface area contributed by atoms with Crippen molar-refractivity contribution in [3.05, 3.63) is 59.4 Å². The highest BCUT2D eigenvalue weighted by Crippen LogP contribution is 2.27. The van der Waals surface area contributed by atoms with Crippen molar-refractivity contribution in [1.82, 2.24) is 9.62 Å². The lowest BCUT2D eigenvalue weighted by atomic mass is 10.1. The molecular weight excluding hydrogens is 377 g/mol. The number of benzene rings is 2.